The monoisotopic (exact) mass is 451 g/mol. The molecular weight excluding hydrogens is 426 g/mol. The molecule has 0 saturated carbocycles. The average Bonchev–Trinajstić information content (AvgIpc) is 2.98. The maximum atomic E-state index is 13.7. The van der Waals surface area contributed by atoms with Gasteiger partial charge in [0.05, 0.1) is 16.3 Å². The highest BCUT2D eigenvalue weighted by molar-refractivity contribution is 6.47. The van der Waals surface area contributed by atoms with E-state index in [2.05, 4.69) is 19.2 Å². The van der Waals surface area contributed by atoms with Gasteiger partial charge in [0.2, 0.25) is 5.91 Å². The van der Waals surface area contributed by atoms with Gasteiger partial charge in [-0.2, -0.15) is 0 Å². The first kappa shape index (κ1) is 22.1. The summed E-state index contributed by atoms with van der Waals surface area (Å²) in [5.74, 6) is -0.105. The Morgan fingerprint density at radius 1 is 0.969 bits per heavy atom. The molecule has 6 nitrogen and oxygen atoms in total. The summed E-state index contributed by atoms with van der Waals surface area (Å²) in [6.45, 7) is 7.19. The van der Waals surface area contributed by atoms with E-state index in [1.165, 1.54) is 11.8 Å². The summed E-state index contributed by atoms with van der Waals surface area (Å²) in [5.41, 5.74) is 2.42. The van der Waals surface area contributed by atoms with Gasteiger partial charge in [0.25, 0.3) is 11.8 Å². The average molecular weight is 452 g/mol. The highest BCUT2D eigenvalue weighted by Crippen LogP contribution is 2.39. The molecule has 0 radical (unpaired) electrons. The van der Waals surface area contributed by atoms with Gasteiger partial charge in [-0.25, -0.2) is 4.90 Å². The van der Waals surface area contributed by atoms with Gasteiger partial charge in [-0.15, -0.1) is 0 Å². The van der Waals surface area contributed by atoms with Crippen LogP contribution >= 0.6 is 11.6 Å². The summed E-state index contributed by atoms with van der Waals surface area (Å²) in [6, 6.07) is 13.9. The second-order valence-electron chi connectivity index (χ2n) is 8.73. The Morgan fingerprint density at radius 3 is 2.19 bits per heavy atom. The predicted molar refractivity (Wildman–Crippen MR) is 126 cm³/mol. The topological polar surface area (TPSA) is 69.7 Å². The van der Waals surface area contributed by atoms with Gasteiger partial charge < -0.3 is 10.2 Å². The zero-order valence-corrected chi connectivity index (χ0v) is 19.1. The van der Waals surface area contributed by atoms with Crippen LogP contribution in [-0.4, -0.2) is 35.7 Å². The SMILES string of the molecule is CC(=O)Nc1ccc(C2=C(N3CC(C)CC(C)C3)C(=O)N(c3ccccc3Cl)C2=O)cc1. The van der Waals surface area contributed by atoms with Crippen LogP contribution in [-0.2, 0) is 14.4 Å². The zero-order valence-electron chi connectivity index (χ0n) is 18.4. The number of benzene rings is 2. The number of para-hydroxylation sites is 1. The van der Waals surface area contributed by atoms with Crippen LogP contribution in [0.2, 0.25) is 5.02 Å². The van der Waals surface area contributed by atoms with E-state index in [4.69, 9.17) is 11.6 Å². The lowest BCUT2D eigenvalue weighted by Gasteiger charge is -2.37. The molecule has 2 aromatic carbocycles. The Morgan fingerprint density at radius 2 is 1.59 bits per heavy atom. The molecule has 0 aromatic heterocycles. The highest BCUT2D eigenvalue weighted by atomic mass is 35.5. The van der Waals surface area contributed by atoms with Crippen molar-refractivity contribution in [1.82, 2.24) is 4.90 Å². The van der Waals surface area contributed by atoms with E-state index in [1.807, 2.05) is 4.90 Å². The maximum absolute atomic E-state index is 13.7. The van der Waals surface area contributed by atoms with Crippen LogP contribution in [0.5, 0.6) is 0 Å². The molecule has 32 heavy (non-hydrogen) atoms. The number of nitrogens with one attached hydrogen (secondary N) is 1. The van der Waals surface area contributed by atoms with Crippen LogP contribution in [0.25, 0.3) is 5.57 Å². The molecule has 1 fully saturated rings. The van der Waals surface area contributed by atoms with Crippen LogP contribution < -0.4 is 10.2 Å². The number of carbonyl (C=O) groups is 3. The quantitative estimate of drug-likeness (QED) is 0.692. The normalized spacial score (nSPS) is 21.4. The number of piperidine rings is 1. The van der Waals surface area contributed by atoms with Crippen molar-refractivity contribution in [2.45, 2.75) is 27.2 Å². The Kier molecular flexibility index (Phi) is 6.07. The number of hydrogen-bond donors (Lipinski definition) is 1. The zero-order chi connectivity index (χ0) is 23.0. The lowest BCUT2D eigenvalue weighted by molar-refractivity contribution is -0.121. The van der Waals surface area contributed by atoms with E-state index >= 15 is 0 Å². The standard InChI is InChI=1S/C25H26ClN3O3/c1-15-12-16(2)14-28(13-15)23-22(18-8-10-19(11-9-18)27-17(3)30)24(31)29(25(23)32)21-7-5-4-6-20(21)26/h4-11,15-16H,12-14H2,1-3H3,(H,27,30). The second kappa shape index (κ2) is 8.79. The smallest absolute Gasteiger partial charge is 0.282 e. The number of amides is 3. The van der Waals surface area contributed by atoms with E-state index in [9.17, 15) is 14.4 Å². The van der Waals surface area contributed by atoms with Crippen molar-refractivity contribution >= 4 is 46.3 Å². The maximum Gasteiger partial charge on any atom is 0.282 e. The third-order valence-electron chi connectivity index (χ3n) is 5.83. The van der Waals surface area contributed by atoms with Crippen LogP contribution in [0.4, 0.5) is 11.4 Å². The molecule has 2 unspecified atom stereocenters. The number of nitrogens with zero attached hydrogens (tertiary/aromatic N) is 2. The molecule has 0 aliphatic carbocycles. The van der Waals surface area contributed by atoms with Crippen LogP contribution in [0, 0.1) is 11.8 Å². The summed E-state index contributed by atoms with van der Waals surface area (Å²) in [4.78, 5) is 41.9. The minimum Gasteiger partial charge on any atom is -0.366 e. The van der Waals surface area contributed by atoms with Crippen molar-refractivity contribution in [3.63, 3.8) is 0 Å². The number of anilines is 2. The van der Waals surface area contributed by atoms with Crippen LogP contribution in [0.1, 0.15) is 32.8 Å². The molecular formula is C25H26ClN3O3. The molecule has 2 aliphatic rings. The Hall–Kier alpha value is -3.12. The molecule has 4 rings (SSSR count). The van der Waals surface area contributed by atoms with Gasteiger partial charge in [0.15, 0.2) is 0 Å². The van der Waals surface area contributed by atoms with Crippen molar-refractivity contribution < 1.29 is 14.4 Å². The fourth-order valence-corrected chi connectivity index (χ4v) is 4.91. The van der Waals surface area contributed by atoms with Crippen molar-refractivity contribution in [2.24, 2.45) is 11.8 Å². The number of imide groups is 1. The Labute approximate surface area is 192 Å². The molecule has 1 N–H and O–H groups in total. The predicted octanol–water partition coefficient (Wildman–Crippen LogP) is 4.56. The molecule has 2 atom stereocenters. The van der Waals surface area contributed by atoms with Gasteiger partial charge >= 0.3 is 0 Å². The molecule has 7 heteroatoms. The van der Waals surface area contributed by atoms with Crippen molar-refractivity contribution in [3.8, 4) is 0 Å². The minimum atomic E-state index is -0.392. The molecule has 0 spiro atoms. The third kappa shape index (κ3) is 4.15. The van der Waals surface area contributed by atoms with Gasteiger partial charge in [-0.3, -0.25) is 14.4 Å². The van der Waals surface area contributed by atoms with Crippen molar-refractivity contribution in [1.29, 1.82) is 0 Å². The number of carbonyl (C=O) groups excluding carboxylic acids is 3. The number of likely N-dealkylation sites (tertiary alicyclic amines) is 1. The van der Waals surface area contributed by atoms with Gasteiger partial charge in [0.1, 0.15) is 5.70 Å². The molecule has 166 valence electrons. The fourth-order valence-electron chi connectivity index (χ4n) is 4.69. The molecule has 2 aromatic rings. The van der Waals surface area contributed by atoms with Crippen molar-refractivity contribution in [3.05, 3.63) is 64.8 Å². The summed E-state index contributed by atoms with van der Waals surface area (Å²) in [5, 5.41) is 3.07. The minimum absolute atomic E-state index is 0.175. The summed E-state index contributed by atoms with van der Waals surface area (Å²) in [6.07, 6.45) is 1.08. The largest absolute Gasteiger partial charge is 0.366 e. The number of halogens is 1. The molecule has 0 bridgehead atoms. The summed E-state index contributed by atoms with van der Waals surface area (Å²) >= 11 is 6.36. The van der Waals surface area contributed by atoms with Crippen LogP contribution in [0.15, 0.2) is 54.2 Å². The number of rotatable bonds is 4. The third-order valence-corrected chi connectivity index (χ3v) is 6.15. The first-order valence-corrected chi connectivity index (χ1v) is 11.1. The van der Waals surface area contributed by atoms with E-state index in [0.717, 1.165) is 6.42 Å². The Balaban J connectivity index is 1.81. The first-order valence-electron chi connectivity index (χ1n) is 10.8. The van der Waals surface area contributed by atoms with Gasteiger partial charge in [-0.05, 0) is 48.1 Å². The molecule has 3 amide bonds. The Bertz CT molecular complexity index is 1100. The lowest BCUT2D eigenvalue weighted by Crippen LogP contribution is -2.42. The summed E-state index contributed by atoms with van der Waals surface area (Å²) in [7, 11) is 0. The lowest BCUT2D eigenvalue weighted by atomic mass is 9.91. The molecule has 2 heterocycles. The first-order chi connectivity index (χ1) is 15.3. The second-order valence-corrected chi connectivity index (χ2v) is 9.14. The van der Waals surface area contributed by atoms with Crippen molar-refractivity contribution in [2.75, 3.05) is 23.3 Å². The highest BCUT2D eigenvalue weighted by Gasteiger charge is 2.44. The molecule has 2 aliphatic heterocycles. The van der Waals surface area contributed by atoms with Crippen LogP contribution in [0.3, 0.4) is 0 Å². The molecule has 1 saturated heterocycles. The van der Waals surface area contributed by atoms with E-state index < -0.39 is 5.91 Å². The summed E-state index contributed by atoms with van der Waals surface area (Å²) < 4.78 is 0. The van der Waals surface area contributed by atoms with E-state index in [1.54, 1.807) is 48.5 Å². The van der Waals surface area contributed by atoms with Gasteiger partial charge in [0, 0.05) is 25.7 Å². The van der Waals surface area contributed by atoms with E-state index in [0.29, 0.717) is 58.2 Å². The van der Waals surface area contributed by atoms with E-state index in [-0.39, 0.29) is 11.8 Å². The van der Waals surface area contributed by atoms with Gasteiger partial charge in [-0.1, -0.05) is 49.7 Å². The fraction of sp³-hybridized carbons (Fsp3) is 0.320. The number of hydrogen-bond acceptors (Lipinski definition) is 4.